The molecule has 1 heterocycles. The quantitative estimate of drug-likeness (QED) is 0.818. The number of ether oxygens (including phenoxy) is 1. The highest BCUT2D eigenvalue weighted by atomic mass is 19.4. The summed E-state index contributed by atoms with van der Waals surface area (Å²) in [5.74, 6) is -0.652. The molecule has 1 amide bonds. The van der Waals surface area contributed by atoms with Crippen LogP contribution in [0.15, 0.2) is 0 Å². The Morgan fingerprint density at radius 3 is 2.53 bits per heavy atom. The number of hydrogen-bond donors (Lipinski definition) is 2. The second-order valence-corrected chi connectivity index (χ2v) is 5.76. The highest BCUT2D eigenvalue weighted by Crippen LogP contribution is 2.30. The van der Waals surface area contributed by atoms with Crippen LogP contribution in [-0.2, 0) is 4.74 Å². The number of hydrogen-bond acceptors (Lipinski definition) is 3. The van der Waals surface area contributed by atoms with Crippen molar-refractivity contribution in [1.29, 1.82) is 0 Å². The summed E-state index contributed by atoms with van der Waals surface area (Å²) in [6.45, 7) is 5.42. The molecule has 2 N–H and O–H groups in total. The summed E-state index contributed by atoms with van der Waals surface area (Å²) in [7, 11) is 0. The summed E-state index contributed by atoms with van der Waals surface area (Å²) < 4.78 is 43.3. The van der Waals surface area contributed by atoms with Gasteiger partial charge in [-0.3, -0.25) is 0 Å². The third-order valence-corrected chi connectivity index (χ3v) is 2.85. The first-order valence-corrected chi connectivity index (χ1v) is 6.36. The van der Waals surface area contributed by atoms with E-state index in [9.17, 15) is 18.0 Å². The molecule has 2 atom stereocenters. The van der Waals surface area contributed by atoms with Gasteiger partial charge in [0.15, 0.2) is 0 Å². The number of halogens is 3. The van der Waals surface area contributed by atoms with E-state index in [4.69, 9.17) is 4.74 Å². The lowest BCUT2D eigenvalue weighted by Gasteiger charge is -2.34. The zero-order chi connectivity index (χ0) is 14.7. The van der Waals surface area contributed by atoms with Gasteiger partial charge >= 0.3 is 12.3 Å². The normalized spacial score (nSPS) is 24.9. The predicted octanol–water partition coefficient (Wildman–Crippen LogP) is 2.44. The van der Waals surface area contributed by atoms with Gasteiger partial charge in [-0.2, -0.15) is 13.2 Å². The third-order valence-electron chi connectivity index (χ3n) is 2.85. The Morgan fingerprint density at radius 1 is 1.37 bits per heavy atom. The number of alkyl halides is 3. The van der Waals surface area contributed by atoms with Gasteiger partial charge in [0.05, 0.1) is 0 Å². The molecular formula is C12H21F3N2O2. The van der Waals surface area contributed by atoms with E-state index >= 15 is 0 Å². The van der Waals surface area contributed by atoms with Crippen molar-refractivity contribution in [2.45, 2.75) is 51.4 Å². The molecule has 112 valence electrons. The number of carbonyl (C=O) groups is 1. The van der Waals surface area contributed by atoms with Crippen molar-refractivity contribution in [1.82, 2.24) is 10.6 Å². The van der Waals surface area contributed by atoms with Crippen molar-refractivity contribution in [3.63, 3.8) is 0 Å². The van der Waals surface area contributed by atoms with Crippen molar-refractivity contribution in [2.75, 3.05) is 13.1 Å². The molecule has 7 heteroatoms. The fraction of sp³-hybridized carbons (Fsp3) is 0.917. The van der Waals surface area contributed by atoms with E-state index in [2.05, 4.69) is 10.6 Å². The Balaban J connectivity index is 2.48. The standard InChI is InChI=1S/C12H21F3N2O2/c1-11(2,3)19-10(18)17-7-8-5-4-6-16-9(8)12(13,14)15/h8-9,16H,4-7H2,1-3H3,(H,17,18)/t8-,9-/m1/s1. The maximum Gasteiger partial charge on any atom is 0.407 e. The molecule has 0 unspecified atom stereocenters. The first kappa shape index (κ1) is 16.1. The van der Waals surface area contributed by atoms with E-state index in [1.165, 1.54) is 0 Å². The molecule has 0 aromatic heterocycles. The van der Waals surface area contributed by atoms with Crippen LogP contribution in [0.5, 0.6) is 0 Å². The third kappa shape index (κ3) is 5.67. The lowest BCUT2D eigenvalue weighted by Crippen LogP contribution is -2.54. The summed E-state index contributed by atoms with van der Waals surface area (Å²) in [5.41, 5.74) is -0.654. The largest absolute Gasteiger partial charge is 0.444 e. The van der Waals surface area contributed by atoms with Crippen molar-refractivity contribution in [3.8, 4) is 0 Å². The minimum absolute atomic E-state index is 0.0356. The zero-order valence-electron chi connectivity index (χ0n) is 11.4. The fourth-order valence-corrected chi connectivity index (χ4v) is 2.09. The molecule has 0 bridgehead atoms. The zero-order valence-corrected chi connectivity index (χ0v) is 11.4. The number of rotatable bonds is 2. The fourth-order valence-electron chi connectivity index (χ4n) is 2.09. The van der Waals surface area contributed by atoms with Gasteiger partial charge in [0, 0.05) is 12.5 Å². The monoisotopic (exact) mass is 282 g/mol. The van der Waals surface area contributed by atoms with Crippen LogP contribution in [0, 0.1) is 5.92 Å². The highest BCUT2D eigenvalue weighted by molar-refractivity contribution is 5.67. The van der Waals surface area contributed by atoms with Crippen LogP contribution in [0.3, 0.4) is 0 Å². The molecular weight excluding hydrogens is 261 g/mol. The molecule has 0 radical (unpaired) electrons. The topological polar surface area (TPSA) is 50.4 Å². The average molecular weight is 282 g/mol. The van der Waals surface area contributed by atoms with E-state index in [1.54, 1.807) is 20.8 Å². The van der Waals surface area contributed by atoms with E-state index in [0.29, 0.717) is 19.4 Å². The van der Waals surface area contributed by atoms with Crippen LogP contribution in [-0.4, -0.2) is 37.0 Å². The molecule has 0 spiro atoms. The SMILES string of the molecule is CC(C)(C)OC(=O)NC[C@H]1CCCN[C@H]1C(F)(F)F. The Bertz CT molecular complexity index is 313. The van der Waals surface area contributed by atoms with Gasteiger partial charge < -0.3 is 15.4 Å². The highest BCUT2D eigenvalue weighted by Gasteiger charge is 2.45. The lowest BCUT2D eigenvalue weighted by atomic mass is 9.90. The Kier molecular flexibility index (Phi) is 5.06. The summed E-state index contributed by atoms with van der Waals surface area (Å²) in [6, 6.07) is -1.56. The Morgan fingerprint density at radius 2 is 2.00 bits per heavy atom. The number of carbonyl (C=O) groups excluding carboxylic acids is 1. The van der Waals surface area contributed by atoms with Crippen molar-refractivity contribution < 1.29 is 22.7 Å². The van der Waals surface area contributed by atoms with Crippen LogP contribution >= 0.6 is 0 Å². The van der Waals surface area contributed by atoms with Gasteiger partial charge in [-0.15, -0.1) is 0 Å². The van der Waals surface area contributed by atoms with E-state index in [1.807, 2.05) is 0 Å². The van der Waals surface area contributed by atoms with Crippen LogP contribution in [0.4, 0.5) is 18.0 Å². The van der Waals surface area contributed by atoms with Crippen LogP contribution in [0.2, 0.25) is 0 Å². The molecule has 0 aliphatic carbocycles. The van der Waals surface area contributed by atoms with Crippen LogP contribution in [0.25, 0.3) is 0 Å². The molecule has 1 saturated heterocycles. The number of nitrogens with one attached hydrogen (secondary N) is 2. The molecule has 1 fully saturated rings. The van der Waals surface area contributed by atoms with Gasteiger partial charge in [-0.1, -0.05) is 0 Å². The molecule has 0 aromatic carbocycles. The smallest absolute Gasteiger partial charge is 0.407 e. The van der Waals surface area contributed by atoms with Crippen molar-refractivity contribution >= 4 is 6.09 Å². The molecule has 0 saturated carbocycles. The molecule has 4 nitrogen and oxygen atoms in total. The van der Waals surface area contributed by atoms with E-state index in [-0.39, 0.29) is 6.54 Å². The Labute approximate surface area is 111 Å². The second kappa shape index (κ2) is 5.98. The van der Waals surface area contributed by atoms with E-state index in [0.717, 1.165) is 0 Å². The average Bonchev–Trinajstić information content (AvgIpc) is 2.23. The maximum atomic E-state index is 12.8. The minimum Gasteiger partial charge on any atom is -0.444 e. The molecule has 1 aliphatic rings. The number of amides is 1. The second-order valence-electron chi connectivity index (χ2n) is 5.76. The summed E-state index contributed by atoms with van der Waals surface area (Å²) in [5, 5.41) is 4.87. The summed E-state index contributed by atoms with van der Waals surface area (Å²) >= 11 is 0. The van der Waals surface area contributed by atoms with Gasteiger partial charge in [-0.25, -0.2) is 4.79 Å². The predicted molar refractivity (Wildman–Crippen MR) is 64.8 cm³/mol. The van der Waals surface area contributed by atoms with Crippen molar-refractivity contribution in [3.05, 3.63) is 0 Å². The van der Waals surface area contributed by atoms with E-state index < -0.39 is 29.8 Å². The van der Waals surface area contributed by atoms with Crippen molar-refractivity contribution in [2.24, 2.45) is 5.92 Å². The van der Waals surface area contributed by atoms with Gasteiger partial charge in [0.1, 0.15) is 11.6 Å². The lowest BCUT2D eigenvalue weighted by molar-refractivity contribution is -0.171. The summed E-state index contributed by atoms with van der Waals surface area (Å²) in [4.78, 5) is 11.4. The number of alkyl carbamates (subject to hydrolysis) is 1. The molecule has 0 aromatic rings. The summed E-state index contributed by atoms with van der Waals surface area (Å²) in [6.07, 6.45) is -3.86. The first-order valence-electron chi connectivity index (χ1n) is 6.36. The van der Waals surface area contributed by atoms with Crippen LogP contribution in [0.1, 0.15) is 33.6 Å². The molecule has 19 heavy (non-hydrogen) atoms. The Hall–Kier alpha value is -0.980. The molecule has 1 aliphatic heterocycles. The van der Waals surface area contributed by atoms with Crippen LogP contribution < -0.4 is 10.6 Å². The van der Waals surface area contributed by atoms with Gasteiger partial charge in [0.2, 0.25) is 0 Å². The van der Waals surface area contributed by atoms with Gasteiger partial charge in [-0.05, 0) is 40.2 Å². The maximum absolute atomic E-state index is 12.8. The minimum atomic E-state index is -4.29. The van der Waals surface area contributed by atoms with Gasteiger partial charge in [0.25, 0.3) is 0 Å². The first-order chi connectivity index (χ1) is 8.59. The number of piperidine rings is 1. The molecule has 1 rings (SSSR count).